The van der Waals surface area contributed by atoms with Crippen molar-refractivity contribution in [3.8, 4) is 5.75 Å². The van der Waals surface area contributed by atoms with Gasteiger partial charge in [0.15, 0.2) is 0 Å². The normalized spacial score (nSPS) is 13.2. The van der Waals surface area contributed by atoms with Gasteiger partial charge in [-0.1, -0.05) is 26.8 Å². The highest BCUT2D eigenvalue weighted by atomic mass is 32.2. The average molecular weight is 326 g/mol. The molecular formula is C12H17F3N2O3S. The number of benzene rings is 1. The molecule has 0 radical (unpaired) electrons. The second kappa shape index (κ2) is 5.72. The Labute approximate surface area is 121 Å². The molecule has 0 spiro atoms. The van der Waals surface area contributed by atoms with Gasteiger partial charge in [0.25, 0.3) is 10.2 Å². The van der Waals surface area contributed by atoms with Gasteiger partial charge in [0.1, 0.15) is 12.3 Å². The number of hydrogen-bond donors (Lipinski definition) is 3. The lowest BCUT2D eigenvalue weighted by molar-refractivity contribution is -0.121. The van der Waals surface area contributed by atoms with Gasteiger partial charge in [-0.05, 0) is 23.1 Å². The standard InChI is InChI=1S/C12H17F3N2O3S/c1-11(2,3)8-4-5-10(18)9(6-8)17-21(19,20)16-7-12(13,14)15/h4-6,16-18H,7H2,1-3H3. The number of anilines is 1. The van der Waals surface area contributed by atoms with Crippen molar-refractivity contribution in [2.45, 2.75) is 32.4 Å². The molecule has 0 bridgehead atoms. The van der Waals surface area contributed by atoms with Crippen molar-refractivity contribution < 1.29 is 26.7 Å². The van der Waals surface area contributed by atoms with E-state index in [1.165, 1.54) is 16.9 Å². The van der Waals surface area contributed by atoms with Crippen molar-refractivity contribution in [1.29, 1.82) is 0 Å². The van der Waals surface area contributed by atoms with E-state index in [2.05, 4.69) is 0 Å². The van der Waals surface area contributed by atoms with Crippen molar-refractivity contribution in [3.63, 3.8) is 0 Å². The highest BCUT2D eigenvalue weighted by Crippen LogP contribution is 2.31. The minimum Gasteiger partial charge on any atom is -0.506 e. The molecule has 0 amide bonds. The zero-order valence-corrected chi connectivity index (χ0v) is 12.6. The summed E-state index contributed by atoms with van der Waals surface area (Å²) in [7, 11) is -4.43. The third-order valence-electron chi connectivity index (χ3n) is 2.57. The van der Waals surface area contributed by atoms with Crippen LogP contribution in [-0.4, -0.2) is 26.2 Å². The van der Waals surface area contributed by atoms with Crippen LogP contribution in [0.3, 0.4) is 0 Å². The summed E-state index contributed by atoms with van der Waals surface area (Å²) in [5.41, 5.74) is 0.221. The molecule has 0 aliphatic heterocycles. The van der Waals surface area contributed by atoms with Crippen LogP contribution in [0.1, 0.15) is 26.3 Å². The van der Waals surface area contributed by atoms with Gasteiger partial charge in [0.2, 0.25) is 0 Å². The molecule has 0 aliphatic rings. The minimum atomic E-state index is -4.66. The number of aromatic hydroxyl groups is 1. The molecule has 9 heteroatoms. The summed E-state index contributed by atoms with van der Waals surface area (Å²) in [5.74, 6) is -0.375. The maximum absolute atomic E-state index is 12.0. The van der Waals surface area contributed by atoms with Crippen molar-refractivity contribution in [2.24, 2.45) is 0 Å². The summed E-state index contributed by atoms with van der Waals surface area (Å²) in [6.45, 7) is 3.93. The van der Waals surface area contributed by atoms with Crippen molar-refractivity contribution in [2.75, 3.05) is 11.3 Å². The van der Waals surface area contributed by atoms with Crippen molar-refractivity contribution in [3.05, 3.63) is 23.8 Å². The Hall–Kier alpha value is -1.48. The molecule has 0 fully saturated rings. The number of phenols is 1. The van der Waals surface area contributed by atoms with Gasteiger partial charge in [0, 0.05) is 0 Å². The van der Waals surface area contributed by atoms with E-state index in [-0.39, 0.29) is 16.9 Å². The van der Waals surface area contributed by atoms with E-state index >= 15 is 0 Å². The topological polar surface area (TPSA) is 78.4 Å². The van der Waals surface area contributed by atoms with E-state index in [0.717, 1.165) is 0 Å². The summed E-state index contributed by atoms with van der Waals surface area (Å²) in [6, 6.07) is 4.26. The Morgan fingerprint density at radius 1 is 1.19 bits per heavy atom. The van der Waals surface area contributed by atoms with Crippen LogP contribution in [0.15, 0.2) is 18.2 Å². The highest BCUT2D eigenvalue weighted by Gasteiger charge is 2.29. The molecule has 0 aromatic heterocycles. The van der Waals surface area contributed by atoms with Crippen LogP contribution < -0.4 is 9.44 Å². The molecule has 1 aromatic carbocycles. The molecule has 0 saturated heterocycles. The molecule has 0 aliphatic carbocycles. The van der Waals surface area contributed by atoms with Crippen LogP contribution in [0.25, 0.3) is 0 Å². The number of nitrogens with one attached hydrogen (secondary N) is 2. The number of phenolic OH excluding ortho intramolecular Hbond substituents is 1. The molecule has 21 heavy (non-hydrogen) atoms. The Morgan fingerprint density at radius 2 is 1.76 bits per heavy atom. The van der Waals surface area contributed by atoms with Crippen molar-refractivity contribution in [1.82, 2.24) is 4.72 Å². The first-order valence-electron chi connectivity index (χ1n) is 5.98. The fourth-order valence-electron chi connectivity index (χ4n) is 1.44. The van der Waals surface area contributed by atoms with E-state index in [9.17, 15) is 26.7 Å². The third kappa shape index (κ3) is 5.80. The third-order valence-corrected chi connectivity index (χ3v) is 3.58. The van der Waals surface area contributed by atoms with Crippen LogP contribution >= 0.6 is 0 Å². The van der Waals surface area contributed by atoms with E-state index in [1.54, 1.807) is 6.07 Å². The van der Waals surface area contributed by atoms with Gasteiger partial charge in [-0.3, -0.25) is 4.72 Å². The molecule has 1 aromatic rings. The van der Waals surface area contributed by atoms with Crippen molar-refractivity contribution >= 4 is 15.9 Å². The Balaban J connectivity index is 2.97. The zero-order valence-electron chi connectivity index (χ0n) is 11.7. The first kappa shape index (κ1) is 17.6. The predicted octanol–water partition coefficient (Wildman–Crippen LogP) is 2.50. The summed E-state index contributed by atoms with van der Waals surface area (Å²) in [6.07, 6.45) is -4.66. The first-order chi connectivity index (χ1) is 9.30. The first-order valence-corrected chi connectivity index (χ1v) is 7.46. The van der Waals surface area contributed by atoms with Crippen LogP contribution in [0.4, 0.5) is 18.9 Å². The number of rotatable bonds is 4. The molecule has 0 heterocycles. The predicted molar refractivity (Wildman–Crippen MR) is 73.4 cm³/mol. The number of hydrogen-bond acceptors (Lipinski definition) is 3. The van der Waals surface area contributed by atoms with Gasteiger partial charge in [-0.2, -0.15) is 26.3 Å². The van der Waals surface area contributed by atoms with Gasteiger partial charge in [-0.15, -0.1) is 0 Å². The molecule has 0 unspecified atom stereocenters. The molecule has 5 nitrogen and oxygen atoms in total. The van der Waals surface area contributed by atoms with Gasteiger partial charge < -0.3 is 5.11 Å². The molecule has 0 atom stereocenters. The second-order valence-corrected chi connectivity index (χ2v) is 7.02. The summed E-state index contributed by atoms with van der Waals surface area (Å²) < 4.78 is 62.4. The average Bonchev–Trinajstić information content (AvgIpc) is 2.27. The summed E-state index contributed by atoms with van der Waals surface area (Å²) in [4.78, 5) is 0. The Kier molecular flexibility index (Phi) is 4.79. The van der Waals surface area contributed by atoms with E-state index in [0.29, 0.717) is 5.56 Å². The quantitative estimate of drug-likeness (QED) is 0.744. The van der Waals surface area contributed by atoms with Gasteiger partial charge in [-0.25, -0.2) is 0 Å². The second-order valence-electron chi connectivity index (χ2n) is 5.52. The smallest absolute Gasteiger partial charge is 0.402 e. The zero-order chi connectivity index (χ0) is 16.5. The maximum Gasteiger partial charge on any atom is 0.402 e. The lowest BCUT2D eigenvalue weighted by Crippen LogP contribution is -2.37. The molecular weight excluding hydrogens is 309 g/mol. The summed E-state index contributed by atoms with van der Waals surface area (Å²) >= 11 is 0. The van der Waals surface area contributed by atoms with E-state index in [1.807, 2.05) is 25.5 Å². The Bertz CT molecular complexity index is 607. The molecule has 0 saturated carbocycles. The maximum atomic E-state index is 12.0. The van der Waals surface area contributed by atoms with Crippen LogP contribution in [0.2, 0.25) is 0 Å². The highest BCUT2D eigenvalue weighted by molar-refractivity contribution is 7.90. The van der Waals surface area contributed by atoms with Gasteiger partial charge in [0.05, 0.1) is 5.69 Å². The number of alkyl halides is 3. The fraction of sp³-hybridized carbons (Fsp3) is 0.500. The summed E-state index contributed by atoms with van der Waals surface area (Å²) in [5, 5.41) is 9.62. The minimum absolute atomic E-state index is 0.183. The number of halogens is 3. The van der Waals surface area contributed by atoms with Crippen LogP contribution in [0.5, 0.6) is 5.75 Å². The van der Waals surface area contributed by atoms with Crippen LogP contribution in [-0.2, 0) is 15.6 Å². The largest absolute Gasteiger partial charge is 0.506 e. The molecule has 120 valence electrons. The van der Waals surface area contributed by atoms with E-state index in [4.69, 9.17) is 0 Å². The van der Waals surface area contributed by atoms with Crippen LogP contribution in [0, 0.1) is 0 Å². The lowest BCUT2D eigenvalue weighted by Gasteiger charge is -2.20. The monoisotopic (exact) mass is 326 g/mol. The van der Waals surface area contributed by atoms with E-state index < -0.39 is 22.9 Å². The fourth-order valence-corrected chi connectivity index (χ4v) is 2.32. The van der Waals surface area contributed by atoms with Gasteiger partial charge >= 0.3 is 6.18 Å². The SMILES string of the molecule is CC(C)(C)c1ccc(O)c(NS(=O)(=O)NCC(F)(F)F)c1. The lowest BCUT2D eigenvalue weighted by atomic mass is 9.87. The molecule has 1 rings (SSSR count). The molecule has 3 N–H and O–H groups in total. The Morgan fingerprint density at radius 3 is 2.24 bits per heavy atom.